The summed E-state index contributed by atoms with van der Waals surface area (Å²) >= 11 is 0. The van der Waals surface area contributed by atoms with E-state index >= 15 is 0 Å². The summed E-state index contributed by atoms with van der Waals surface area (Å²) in [6, 6.07) is 26.4. The molecule has 0 atom stereocenters. The van der Waals surface area contributed by atoms with Crippen LogP contribution in [0.15, 0.2) is 72.8 Å². The third-order valence-electron chi connectivity index (χ3n) is 4.39. The molecule has 0 heterocycles. The maximum Gasteiger partial charge on any atom is 0.126 e. The highest BCUT2D eigenvalue weighted by atomic mass is 16.1. The van der Waals surface area contributed by atoms with Crippen LogP contribution in [0.3, 0.4) is 0 Å². The Bertz CT molecular complexity index is 1090. The topological polar surface area (TPSA) is 17.1 Å². The molecular formula is C23H18O. The summed E-state index contributed by atoms with van der Waals surface area (Å²) < 4.78 is 0. The lowest BCUT2D eigenvalue weighted by Crippen LogP contribution is -1.86. The molecular weight excluding hydrogens is 292 g/mol. The molecule has 0 saturated heterocycles. The summed E-state index contributed by atoms with van der Waals surface area (Å²) in [4.78, 5) is 9.44. The first-order valence-electron chi connectivity index (χ1n) is 8.18. The molecule has 5 rings (SSSR count). The molecule has 0 unspecified atom stereocenters. The van der Waals surface area contributed by atoms with Crippen LogP contribution in [0.4, 0.5) is 0 Å². The molecule has 0 bridgehead atoms. The molecule has 0 radical (unpaired) electrons. The minimum Gasteiger partial charge on any atom is -0.300 e. The standard InChI is InChI=1S/C20H12.C3H6O/c1-2-8-16-15(7-1)17-9-3-5-13-11-12-14-6-4-10-18(16)20(14)19(13)17;1-3(2)4/h1-12H;1-2H3. The number of benzene rings is 5. The van der Waals surface area contributed by atoms with E-state index in [1.165, 1.54) is 56.9 Å². The van der Waals surface area contributed by atoms with Gasteiger partial charge in [0.05, 0.1) is 0 Å². The van der Waals surface area contributed by atoms with Crippen molar-refractivity contribution in [1.29, 1.82) is 0 Å². The quantitative estimate of drug-likeness (QED) is 0.241. The van der Waals surface area contributed by atoms with E-state index in [1.54, 1.807) is 0 Å². The van der Waals surface area contributed by atoms with Gasteiger partial charge in [-0.15, -0.1) is 0 Å². The van der Waals surface area contributed by atoms with Crippen molar-refractivity contribution in [3.63, 3.8) is 0 Å². The highest BCUT2D eigenvalue weighted by Crippen LogP contribution is 2.40. The Hall–Kier alpha value is -2.93. The van der Waals surface area contributed by atoms with Crippen molar-refractivity contribution in [3.05, 3.63) is 72.8 Å². The van der Waals surface area contributed by atoms with Crippen molar-refractivity contribution < 1.29 is 4.79 Å². The van der Waals surface area contributed by atoms with Gasteiger partial charge >= 0.3 is 0 Å². The second-order valence-electron chi connectivity index (χ2n) is 6.33. The van der Waals surface area contributed by atoms with Gasteiger partial charge in [-0.3, -0.25) is 0 Å². The summed E-state index contributed by atoms with van der Waals surface area (Å²) in [7, 11) is 0. The molecule has 116 valence electrons. The van der Waals surface area contributed by atoms with E-state index in [9.17, 15) is 4.79 Å². The lowest BCUT2D eigenvalue weighted by molar-refractivity contribution is -0.114. The SMILES string of the molecule is CC(C)=O.c1ccc2c(c1)c1cccc3ccc4cccc2c4c31. The second-order valence-corrected chi connectivity index (χ2v) is 6.33. The number of hydrogen-bond donors (Lipinski definition) is 0. The summed E-state index contributed by atoms with van der Waals surface area (Å²) in [5, 5.41) is 10.9. The van der Waals surface area contributed by atoms with Crippen LogP contribution in [0.1, 0.15) is 13.8 Å². The third kappa shape index (κ3) is 2.21. The molecule has 1 heteroatoms. The van der Waals surface area contributed by atoms with Gasteiger partial charge in [0.15, 0.2) is 0 Å². The zero-order valence-electron chi connectivity index (χ0n) is 13.8. The smallest absolute Gasteiger partial charge is 0.126 e. The first kappa shape index (κ1) is 14.6. The van der Waals surface area contributed by atoms with Crippen molar-refractivity contribution in [1.82, 2.24) is 0 Å². The Labute approximate surface area is 140 Å². The second kappa shape index (κ2) is 5.61. The predicted molar refractivity (Wildman–Crippen MR) is 104 cm³/mol. The van der Waals surface area contributed by atoms with Gasteiger partial charge in [-0.05, 0) is 56.9 Å². The zero-order valence-corrected chi connectivity index (χ0v) is 13.8. The van der Waals surface area contributed by atoms with Crippen LogP contribution in [0.2, 0.25) is 0 Å². The predicted octanol–water partition coefficient (Wildman–Crippen LogP) is 6.33. The Morgan fingerprint density at radius 2 is 0.917 bits per heavy atom. The molecule has 0 aromatic heterocycles. The number of carbonyl (C=O) groups is 1. The molecule has 5 aromatic rings. The Morgan fingerprint density at radius 3 is 1.33 bits per heavy atom. The fraction of sp³-hybridized carbons (Fsp3) is 0.0870. The van der Waals surface area contributed by atoms with Crippen LogP contribution in [0, 0.1) is 0 Å². The van der Waals surface area contributed by atoms with E-state index in [-0.39, 0.29) is 5.78 Å². The van der Waals surface area contributed by atoms with Crippen molar-refractivity contribution in [2.75, 3.05) is 0 Å². The largest absolute Gasteiger partial charge is 0.300 e. The average Bonchev–Trinajstić information content (AvgIpc) is 2.60. The molecule has 0 amide bonds. The van der Waals surface area contributed by atoms with Crippen LogP contribution in [-0.4, -0.2) is 5.78 Å². The van der Waals surface area contributed by atoms with E-state index < -0.39 is 0 Å². The number of rotatable bonds is 0. The van der Waals surface area contributed by atoms with Crippen molar-refractivity contribution in [3.8, 4) is 0 Å². The highest BCUT2D eigenvalue weighted by molar-refractivity contribution is 6.33. The summed E-state index contributed by atoms with van der Waals surface area (Å²) in [5.74, 6) is 0.167. The van der Waals surface area contributed by atoms with Gasteiger partial charge in [-0.25, -0.2) is 0 Å². The lowest BCUT2D eigenvalue weighted by atomic mass is 9.89. The van der Waals surface area contributed by atoms with E-state index in [0.717, 1.165) is 0 Å². The van der Waals surface area contributed by atoms with Crippen LogP contribution in [0.5, 0.6) is 0 Å². The first-order chi connectivity index (χ1) is 11.7. The van der Waals surface area contributed by atoms with Gasteiger partial charge in [0.1, 0.15) is 5.78 Å². The van der Waals surface area contributed by atoms with E-state index in [4.69, 9.17) is 0 Å². The molecule has 1 nitrogen and oxygen atoms in total. The van der Waals surface area contributed by atoms with Crippen LogP contribution >= 0.6 is 0 Å². The maximum atomic E-state index is 9.44. The fourth-order valence-corrected chi connectivity index (χ4v) is 3.56. The van der Waals surface area contributed by atoms with Gasteiger partial charge < -0.3 is 4.79 Å². The van der Waals surface area contributed by atoms with Gasteiger partial charge in [-0.1, -0.05) is 72.8 Å². The van der Waals surface area contributed by atoms with E-state index in [1.807, 2.05) is 0 Å². The van der Waals surface area contributed by atoms with Gasteiger partial charge in [-0.2, -0.15) is 0 Å². The number of hydrogen-bond acceptors (Lipinski definition) is 1. The number of fused-ring (bicyclic) bond motifs is 3. The first-order valence-corrected chi connectivity index (χ1v) is 8.18. The number of ketones is 1. The summed E-state index contributed by atoms with van der Waals surface area (Å²) in [6.45, 7) is 3.06. The minimum absolute atomic E-state index is 0.167. The third-order valence-corrected chi connectivity index (χ3v) is 4.39. The van der Waals surface area contributed by atoms with E-state index in [2.05, 4.69) is 72.8 Å². The van der Waals surface area contributed by atoms with E-state index in [0.29, 0.717) is 0 Å². The number of Topliss-reactive ketones (excluding diaryl/α,β-unsaturated/α-hetero) is 1. The average molecular weight is 310 g/mol. The van der Waals surface area contributed by atoms with Crippen molar-refractivity contribution in [2.45, 2.75) is 13.8 Å². The van der Waals surface area contributed by atoms with Crippen LogP contribution < -0.4 is 0 Å². The fourth-order valence-electron chi connectivity index (χ4n) is 3.56. The molecule has 0 saturated carbocycles. The van der Waals surface area contributed by atoms with Gasteiger partial charge in [0.2, 0.25) is 0 Å². The normalized spacial score (nSPS) is 11.1. The monoisotopic (exact) mass is 310 g/mol. The number of carbonyl (C=O) groups excluding carboxylic acids is 1. The summed E-state index contributed by atoms with van der Waals surface area (Å²) in [5.41, 5.74) is 0. The molecule has 0 aliphatic heterocycles. The lowest BCUT2D eigenvalue weighted by Gasteiger charge is -2.14. The Kier molecular flexibility index (Phi) is 3.42. The van der Waals surface area contributed by atoms with Gasteiger partial charge in [0, 0.05) is 0 Å². The molecule has 24 heavy (non-hydrogen) atoms. The molecule has 0 spiro atoms. The van der Waals surface area contributed by atoms with Crippen molar-refractivity contribution in [2.24, 2.45) is 0 Å². The Balaban J connectivity index is 0.000000332. The molecule has 5 aromatic carbocycles. The molecule has 0 aliphatic carbocycles. The highest BCUT2D eigenvalue weighted by Gasteiger charge is 2.11. The summed E-state index contributed by atoms with van der Waals surface area (Å²) in [6.07, 6.45) is 0. The molecule has 0 N–H and O–H groups in total. The molecule has 0 fully saturated rings. The molecule has 0 aliphatic rings. The van der Waals surface area contributed by atoms with Gasteiger partial charge in [0.25, 0.3) is 0 Å². The van der Waals surface area contributed by atoms with Crippen LogP contribution in [-0.2, 0) is 4.79 Å². The minimum atomic E-state index is 0.167. The van der Waals surface area contributed by atoms with Crippen molar-refractivity contribution >= 4 is 48.9 Å². The zero-order chi connectivity index (χ0) is 16.7. The van der Waals surface area contributed by atoms with Crippen LogP contribution in [0.25, 0.3) is 43.1 Å². The maximum absolute atomic E-state index is 9.44. The Morgan fingerprint density at radius 1 is 0.542 bits per heavy atom.